The number of Topliss-reactive ketones (excluding diaryl/α,β-unsaturated/α-hetero) is 2. The second-order valence-corrected chi connectivity index (χ2v) is 19.1. The zero-order chi connectivity index (χ0) is 51.0. The molecule has 0 aromatic heterocycles. The normalized spacial score (nSPS) is 17.4. The molecule has 4 aliphatic carbocycles. The Morgan fingerprint density at radius 3 is 1.23 bits per heavy atom. The van der Waals surface area contributed by atoms with E-state index in [0.717, 1.165) is 30.4 Å². The molecule has 0 unspecified atom stereocenters. The predicted molar refractivity (Wildman–Crippen MR) is 258 cm³/mol. The van der Waals surface area contributed by atoms with Gasteiger partial charge in [-0.1, -0.05) is 12.1 Å². The smallest absolute Gasteiger partial charge is 0.744 e. The van der Waals surface area contributed by atoms with Crippen molar-refractivity contribution in [2.24, 2.45) is 31.9 Å². The molecule has 0 saturated heterocycles. The van der Waals surface area contributed by atoms with Gasteiger partial charge in [-0.05, 0) is 114 Å². The Labute approximate surface area is 486 Å². The molecular formula is C44H30N11Na3O13S3. The number of anilines is 6. The maximum atomic E-state index is 13.7. The van der Waals surface area contributed by atoms with Crippen molar-refractivity contribution >= 4 is 123 Å². The van der Waals surface area contributed by atoms with Gasteiger partial charge in [0, 0.05) is 40.4 Å². The van der Waals surface area contributed by atoms with Gasteiger partial charge in [-0.3, -0.25) is 40.9 Å². The first kappa shape index (κ1) is 58.9. The Balaban J connectivity index is 0.00000338. The molecule has 8 rings (SSSR count). The number of carbonyl (C=O) groups is 4. The van der Waals surface area contributed by atoms with E-state index in [1.54, 1.807) is 0 Å². The third kappa shape index (κ3) is 13.6. The molecule has 4 aliphatic rings. The fourth-order valence-electron chi connectivity index (χ4n) is 6.81. The monoisotopic (exact) mass is 1090 g/mol. The maximum Gasteiger partial charge on any atom is 1.00 e. The van der Waals surface area contributed by atoms with Crippen molar-refractivity contribution in [3.8, 4) is 0 Å². The largest absolute Gasteiger partial charge is 1.00 e. The molecule has 0 aliphatic heterocycles. The van der Waals surface area contributed by atoms with Crippen molar-refractivity contribution < 1.29 is 147 Å². The van der Waals surface area contributed by atoms with E-state index in [2.05, 4.69) is 47.4 Å². The summed E-state index contributed by atoms with van der Waals surface area (Å²) in [6, 6.07) is 16.7. The van der Waals surface area contributed by atoms with E-state index in [1.807, 2.05) is 0 Å². The number of benzene rings is 4. The Bertz CT molecular complexity index is 3760. The van der Waals surface area contributed by atoms with Crippen LogP contribution in [0.3, 0.4) is 0 Å². The van der Waals surface area contributed by atoms with E-state index < -0.39 is 79.6 Å². The quantitative estimate of drug-likeness (QED) is 0.0284. The number of allylic oxidation sites excluding steroid dienone is 8. The van der Waals surface area contributed by atoms with Crippen LogP contribution in [0.25, 0.3) is 12.2 Å². The summed E-state index contributed by atoms with van der Waals surface area (Å²) in [5.74, 6) is -2.96. The standard InChI is InChI=1S/C44H33N11O13S3.3Na/c45-24-3-12-33(36(56)17-24)52-49-28-5-1-22-15-39(70(63,64)65)41(43(58)31(22)19-28)54-48-27-9-7-26(8-10-27)47-35-14-11-30(21-38(35)69(60,61)62)51-55-42-40(71(66,67)68)16-23-2-6-29(20-32(23)44(42)59)50-53-34-13-4-25(46)18-37(34)57;;;/h1-21,47-51H,45-46H2,(H,60,61,62)(H,63,64,65)(H,66,67,68);;;/q;3*+1/p-3/b52-33+,53-34-,54-41+,55-42+;;;. The average molecular weight is 1090 g/mol. The van der Waals surface area contributed by atoms with Crippen molar-refractivity contribution in [2.45, 2.75) is 4.90 Å². The number of ketones is 4. The molecule has 24 nitrogen and oxygen atoms in total. The van der Waals surface area contributed by atoms with Gasteiger partial charge in [-0.15, -0.1) is 0 Å². The van der Waals surface area contributed by atoms with Gasteiger partial charge >= 0.3 is 88.7 Å². The molecule has 0 saturated carbocycles. The number of nitrogens with one attached hydrogen (secondary N) is 5. The SMILES string of the molecule is NC1=CC(=O)/C(=N\Nc2ccc3c(c2)C(=O)/C(=N/Nc2ccc(Nc4ccc(N/N=C5/C(=O)c6cc(N/N=C7\C=CC(N)=CC7=O)ccc6C=C5S(=O)(=O)[O-])cc4)c(S(=O)(=O)[O-])c2)C(S(=O)(=O)[O-])=C3)C=C1.[Na+].[Na+].[Na+]. The summed E-state index contributed by atoms with van der Waals surface area (Å²) in [6.45, 7) is 0. The van der Waals surface area contributed by atoms with Crippen molar-refractivity contribution in [1.29, 1.82) is 0 Å². The Hall–Kier alpha value is -5.99. The van der Waals surface area contributed by atoms with Gasteiger partial charge in [0.1, 0.15) is 53.2 Å². The summed E-state index contributed by atoms with van der Waals surface area (Å²) in [5, 5.41) is 18.5. The van der Waals surface area contributed by atoms with E-state index in [-0.39, 0.29) is 168 Å². The predicted octanol–water partition coefficient (Wildman–Crippen LogP) is -6.05. The second kappa shape index (κ2) is 23.7. The van der Waals surface area contributed by atoms with E-state index in [4.69, 9.17) is 11.5 Å². The molecule has 360 valence electrons. The minimum Gasteiger partial charge on any atom is -0.744 e. The summed E-state index contributed by atoms with van der Waals surface area (Å²) in [5.41, 5.74) is 20.3. The molecule has 0 spiro atoms. The fraction of sp³-hybridized carbons (Fsp3) is 0. The van der Waals surface area contributed by atoms with E-state index in [1.165, 1.54) is 97.1 Å². The van der Waals surface area contributed by atoms with Crippen LogP contribution in [0, 0.1) is 0 Å². The second-order valence-electron chi connectivity index (χ2n) is 15.1. The summed E-state index contributed by atoms with van der Waals surface area (Å²) in [6.07, 6.45) is 9.85. The van der Waals surface area contributed by atoms with Crippen LogP contribution in [-0.4, -0.2) is 84.9 Å². The molecule has 0 fully saturated rings. The number of nitrogens with two attached hydrogens (primary N) is 2. The molecule has 9 N–H and O–H groups in total. The van der Waals surface area contributed by atoms with Crippen LogP contribution in [0.5, 0.6) is 0 Å². The topological polar surface area (TPSA) is 402 Å². The van der Waals surface area contributed by atoms with Crippen molar-refractivity contribution in [3.05, 3.63) is 159 Å². The van der Waals surface area contributed by atoms with Crippen molar-refractivity contribution in [1.82, 2.24) is 0 Å². The van der Waals surface area contributed by atoms with Crippen LogP contribution in [0.1, 0.15) is 31.8 Å². The zero-order valence-corrected chi connectivity index (χ0v) is 47.0. The molecule has 4 aromatic carbocycles. The maximum absolute atomic E-state index is 13.7. The average Bonchev–Trinajstić information content (AvgIpc) is 3.30. The van der Waals surface area contributed by atoms with Crippen LogP contribution in [0.15, 0.2) is 162 Å². The van der Waals surface area contributed by atoms with Crippen molar-refractivity contribution in [3.63, 3.8) is 0 Å². The van der Waals surface area contributed by atoms with Crippen LogP contribution in [0.4, 0.5) is 34.1 Å². The Morgan fingerprint density at radius 2 is 0.811 bits per heavy atom. The minimum absolute atomic E-state index is 0. The van der Waals surface area contributed by atoms with Gasteiger partial charge in [0.25, 0.3) is 0 Å². The van der Waals surface area contributed by atoms with Crippen LogP contribution in [-0.2, 0) is 39.9 Å². The summed E-state index contributed by atoms with van der Waals surface area (Å²) in [4.78, 5) is 48.9. The fourth-order valence-corrected chi connectivity index (χ4v) is 8.76. The Morgan fingerprint density at radius 1 is 0.432 bits per heavy atom. The van der Waals surface area contributed by atoms with Gasteiger partial charge in [0.15, 0.2) is 0 Å². The van der Waals surface area contributed by atoms with Crippen LogP contribution >= 0.6 is 0 Å². The Kier molecular flexibility index (Phi) is 18.9. The van der Waals surface area contributed by atoms with Crippen LogP contribution in [0.2, 0.25) is 0 Å². The van der Waals surface area contributed by atoms with Gasteiger partial charge in [-0.25, -0.2) is 25.3 Å². The first-order chi connectivity index (χ1) is 33.5. The summed E-state index contributed by atoms with van der Waals surface area (Å²) >= 11 is 0. The number of carbonyl (C=O) groups excluding carboxylic acids is 4. The van der Waals surface area contributed by atoms with E-state index in [9.17, 15) is 58.1 Å². The zero-order valence-electron chi connectivity index (χ0n) is 38.6. The van der Waals surface area contributed by atoms with E-state index in [0.29, 0.717) is 0 Å². The summed E-state index contributed by atoms with van der Waals surface area (Å²) in [7, 11) is -15.9. The van der Waals surface area contributed by atoms with Crippen molar-refractivity contribution in [2.75, 3.05) is 27.0 Å². The first-order valence-electron chi connectivity index (χ1n) is 20.0. The summed E-state index contributed by atoms with van der Waals surface area (Å²) < 4.78 is 111. The van der Waals surface area contributed by atoms with Crippen LogP contribution < -0.4 is 127 Å². The molecule has 0 heterocycles. The number of hydrogen-bond donors (Lipinski definition) is 7. The first-order valence-corrected chi connectivity index (χ1v) is 24.2. The number of rotatable bonds is 13. The number of hydrazone groups is 4. The molecule has 0 amide bonds. The number of fused-ring (bicyclic) bond motifs is 2. The van der Waals surface area contributed by atoms with Gasteiger partial charge in [0.2, 0.25) is 23.1 Å². The molecule has 30 heteroatoms. The molecule has 0 radical (unpaired) electrons. The van der Waals surface area contributed by atoms with Gasteiger partial charge in [-0.2, -0.15) is 20.4 Å². The number of nitrogens with zero attached hydrogens (tertiary/aromatic N) is 4. The third-order valence-corrected chi connectivity index (χ3v) is 12.8. The third-order valence-electron chi connectivity index (χ3n) is 10.2. The molecular weight excluding hydrogens is 1060 g/mol. The molecule has 4 aromatic rings. The molecule has 0 bridgehead atoms. The number of hydrogen-bond acceptors (Lipinski definition) is 24. The van der Waals surface area contributed by atoms with E-state index >= 15 is 0 Å². The molecule has 0 atom stereocenters. The molecule has 74 heavy (non-hydrogen) atoms. The van der Waals surface area contributed by atoms with Gasteiger partial charge < -0.3 is 30.4 Å². The van der Waals surface area contributed by atoms with Gasteiger partial charge in [0.05, 0.1) is 43.1 Å². The minimum atomic E-state index is -5.34.